The molecule has 0 bridgehead atoms. The lowest BCUT2D eigenvalue weighted by atomic mass is 9.64. The van der Waals surface area contributed by atoms with Gasteiger partial charge in [0.15, 0.2) is 0 Å². The summed E-state index contributed by atoms with van der Waals surface area (Å²) in [6.45, 7) is 5.16. The van der Waals surface area contributed by atoms with Crippen LogP contribution in [0.5, 0.6) is 0 Å². The highest BCUT2D eigenvalue weighted by Gasteiger charge is 2.39. The first-order chi connectivity index (χ1) is 12.3. The molecule has 0 aromatic heterocycles. The van der Waals surface area contributed by atoms with Crippen molar-refractivity contribution in [2.45, 2.75) is 63.6 Å². The van der Waals surface area contributed by atoms with Crippen LogP contribution in [-0.4, -0.2) is 37.6 Å². The van der Waals surface area contributed by atoms with Crippen molar-refractivity contribution in [3.63, 3.8) is 0 Å². The van der Waals surface area contributed by atoms with E-state index in [0.717, 1.165) is 44.5 Å². The van der Waals surface area contributed by atoms with E-state index < -0.39 is 11.7 Å². The molecular formula is C21H31F3N2. The Labute approximate surface area is 155 Å². The van der Waals surface area contributed by atoms with E-state index in [1.165, 1.54) is 31.4 Å². The molecule has 3 rings (SSSR count). The minimum atomic E-state index is -4.28. The highest BCUT2D eigenvalue weighted by atomic mass is 19.4. The molecule has 1 saturated heterocycles. The van der Waals surface area contributed by atoms with Crippen molar-refractivity contribution in [3.05, 3.63) is 35.4 Å². The molecule has 2 fully saturated rings. The zero-order chi connectivity index (χ0) is 18.8. The van der Waals surface area contributed by atoms with Gasteiger partial charge in [0.2, 0.25) is 0 Å². The standard InChI is InChI=1S/C21H31F3N2/c1-20(10-4-3-5-11-20)19(15-26-12-9-18(14-26)25-2)16-7-6-8-17(13-16)21(22,23)24/h6-8,13,18-19,25H,3-5,9-12,14-15H2,1-2H3/t18-,19?/m0/s1. The predicted molar refractivity (Wildman–Crippen MR) is 99.3 cm³/mol. The van der Waals surface area contributed by atoms with Gasteiger partial charge in [0.25, 0.3) is 0 Å². The fraction of sp³-hybridized carbons (Fsp3) is 0.714. The van der Waals surface area contributed by atoms with Gasteiger partial charge in [0, 0.05) is 25.0 Å². The molecule has 2 atom stereocenters. The maximum Gasteiger partial charge on any atom is 0.416 e. The van der Waals surface area contributed by atoms with Crippen molar-refractivity contribution in [2.24, 2.45) is 5.41 Å². The molecule has 2 nitrogen and oxygen atoms in total. The molecule has 146 valence electrons. The number of nitrogens with one attached hydrogen (secondary N) is 1. The van der Waals surface area contributed by atoms with Gasteiger partial charge in [0.05, 0.1) is 5.56 Å². The Morgan fingerprint density at radius 1 is 1.23 bits per heavy atom. The summed E-state index contributed by atoms with van der Waals surface area (Å²) >= 11 is 0. The van der Waals surface area contributed by atoms with E-state index in [9.17, 15) is 13.2 Å². The summed E-state index contributed by atoms with van der Waals surface area (Å²) in [6.07, 6.45) is 2.67. The molecule has 1 aromatic rings. The first-order valence-electron chi connectivity index (χ1n) is 9.88. The van der Waals surface area contributed by atoms with Gasteiger partial charge in [-0.25, -0.2) is 0 Å². The Balaban J connectivity index is 1.88. The van der Waals surface area contributed by atoms with Crippen molar-refractivity contribution in [1.82, 2.24) is 10.2 Å². The largest absolute Gasteiger partial charge is 0.416 e. The van der Waals surface area contributed by atoms with Gasteiger partial charge in [-0.2, -0.15) is 13.2 Å². The van der Waals surface area contributed by atoms with E-state index >= 15 is 0 Å². The van der Waals surface area contributed by atoms with Crippen molar-refractivity contribution in [1.29, 1.82) is 0 Å². The minimum absolute atomic E-state index is 0.0835. The number of rotatable bonds is 5. The number of hydrogen-bond acceptors (Lipinski definition) is 2. The lowest BCUT2D eigenvalue weighted by Crippen LogP contribution is -2.38. The number of likely N-dealkylation sites (N-methyl/N-ethyl adjacent to an activating group) is 1. The summed E-state index contributed by atoms with van der Waals surface area (Å²) in [4.78, 5) is 2.44. The highest BCUT2D eigenvalue weighted by Crippen LogP contribution is 2.48. The van der Waals surface area contributed by atoms with E-state index in [4.69, 9.17) is 0 Å². The van der Waals surface area contributed by atoms with Crippen LogP contribution >= 0.6 is 0 Å². The Kier molecular flexibility index (Phi) is 5.97. The van der Waals surface area contributed by atoms with Crippen molar-refractivity contribution < 1.29 is 13.2 Å². The maximum atomic E-state index is 13.3. The van der Waals surface area contributed by atoms with Gasteiger partial charge in [-0.1, -0.05) is 44.4 Å². The molecule has 1 unspecified atom stereocenters. The molecule has 5 heteroatoms. The topological polar surface area (TPSA) is 15.3 Å². The second-order valence-electron chi connectivity index (χ2n) is 8.42. The van der Waals surface area contributed by atoms with Crippen LogP contribution in [0.15, 0.2) is 24.3 Å². The molecule has 1 aromatic carbocycles. The fourth-order valence-corrected chi connectivity index (χ4v) is 4.86. The summed E-state index contributed by atoms with van der Waals surface area (Å²) in [6, 6.07) is 6.58. The molecule has 26 heavy (non-hydrogen) atoms. The Morgan fingerprint density at radius 3 is 2.58 bits per heavy atom. The lowest BCUT2D eigenvalue weighted by molar-refractivity contribution is -0.137. The molecular weight excluding hydrogens is 337 g/mol. The summed E-state index contributed by atoms with van der Waals surface area (Å²) in [5, 5.41) is 3.33. The van der Waals surface area contributed by atoms with Gasteiger partial charge in [-0.05, 0) is 49.9 Å². The molecule has 1 aliphatic heterocycles. The molecule has 1 heterocycles. The lowest BCUT2D eigenvalue weighted by Gasteiger charge is -2.43. The molecule has 2 aliphatic rings. The second-order valence-corrected chi connectivity index (χ2v) is 8.42. The van der Waals surface area contributed by atoms with Crippen LogP contribution in [0.25, 0.3) is 0 Å². The Bertz CT molecular complexity index is 593. The van der Waals surface area contributed by atoms with Gasteiger partial charge >= 0.3 is 6.18 Å². The number of likely N-dealkylation sites (tertiary alicyclic amines) is 1. The van der Waals surface area contributed by atoms with E-state index in [2.05, 4.69) is 17.1 Å². The second kappa shape index (κ2) is 7.89. The minimum Gasteiger partial charge on any atom is -0.316 e. The number of hydrogen-bond donors (Lipinski definition) is 1. The Hall–Kier alpha value is -1.07. The summed E-state index contributed by atoms with van der Waals surface area (Å²) < 4.78 is 39.8. The van der Waals surface area contributed by atoms with Gasteiger partial charge in [-0.3, -0.25) is 0 Å². The van der Waals surface area contributed by atoms with E-state index in [0.29, 0.717) is 6.04 Å². The van der Waals surface area contributed by atoms with Crippen LogP contribution in [0.4, 0.5) is 13.2 Å². The number of halogens is 3. The maximum absolute atomic E-state index is 13.3. The number of alkyl halides is 3. The monoisotopic (exact) mass is 368 g/mol. The van der Waals surface area contributed by atoms with Crippen LogP contribution in [-0.2, 0) is 6.18 Å². The summed E-state index contributed by atoms with van der Waals surface area (Å²) in [5.74, 6) is 0.153. The van der Waals surface area contributed by atoms with Gasteiger partial charge < -0.3 is 10.2 Å². The van der Waals surface area contributed by atoms with E-state index in [1.807, 2.05) is 13.1 Å². The predicted octanol–water partition coefficient (Wildman–Crippen LogP) is 5.05. The average molecular weight is 368 g/mol. The summed E-state index contributed by atoms with van der Waals surface area (Å²) in [7, 11) is 1.99. The normalized spacial score (nSPS) is 25.3. The first kappa shape index (κ1) is 19.7. The molecule has 0 spiro atoms. The average Bonchev–Trinajstić information content (AvgIpc) is 3.07. The quantitative estimate of drug-likeness (QED) is 0.782. The highest BCUT2D eigenvalue weighted by molar-refractivity contribution is 5.30. The SMILES string of the molecule is CN[C@H]1CCN(CC(c2cccc(C(F)(F)F)c2)C2(C)CCCCC2)C1. The molecule has 0 radical (unpaired) electrons. The molecule has 1 saturated carbocycles. The van der Waals surface area contributed by atoms with E-state index in [-0.39, 0.29) is 11.3 Å². The van der Waals surface area contributed by atoms with Gasteiger partial charge in [-0.15, -0.1) is 0 Å². The summed E-state index contributed by atoms with van der Waals surface area (Å²) in [5.41, 5.74) is 0.422. The van der Waals surface area contributed by atoms with Crippen molar-refractivity contribution in [2.75, 3.05) is 26.7 Å². The third kappa shape index (κ3) is 4.42. The van der Waals surface area contributed by atoms with Crippen molar-refractivity contribution in [3.8, 4) is 0 Å². The van der Waals surface area contributed by atoms with Crippen LogP contribution < -0.4 is 5.32 Å². The van der Waals surface area contributed by atoms with Crippen molar-refractivity contribution >= 4 is 0 Å². The first-order valence-corrected chi connectivity index (χ1v) is 9.88. The third-order valence-corrected chi connectivity index (χ3v) is 6.57. The van der Waals surface area contributed by atoms with Crippen LogP contribution in [0.3, 0.4) is 0 Å². The van der Waals surface area contributed by atoms with Crippen LogP contribution in [0.1, 0.15) is 62.5 Å². The molecule has 0 amide bonds. The van der Waals surface area contributed by atoms with Gasteiger partial charge in [0.1, 0.15) is 0 Å². The fourth-order valence-electron chi connectivity index (χ4n) is 4.86. The Morgan fingerprint density at radius 2 is 1.96 bits per heavy atom. The van der Waals surface area contributed by atoms with E-state index in [1.54, 1.807) is 6.07 Å². The molecule has 1 N–H and O–H groups in total. The molecule has 1 aliphatic carbocycles. The third-order valence-electron chi connectivity index (χ3n) is 6.57. The zero-order valence-electron chi connectivity index (χ0n) is 15.9. The smallest absolute Gasteiger partial charge is 0.316 e. The number of benzene rings is 1. The zero-order valence-corrected chi connectivity index (χ0v) is 15.9. The number of nitrogens with zero attached hydrogens (tertiary/aromatic N) is 1. The van der Waals surface area contributed by atoms with Crippen LogP contribution in [0, 0.1) is 5.41 Å². The van der Waals surface area contributed by atoms with Crippen LogP contribution in [0.2, 0.25) is 0 Å².